The van der Waals surface area contributed by atoms with Gasteiger partial charge in [0.15, 0.2) is 0 Å². The predicted octanol–water partition coefficient (Wildman–Crippen LogP) is 3.64. The summed E-state index contributed by atoms with van der Waals surface area (Å²) in [6, 6.07) is 16.2. The number of hydrogen-bond donors (Lipinski definition) is 2. The second-order valence-electron chi connectivity index (χ2n) is 9.47. The molecule has 0 saturated carbocycles. The fourth-order valence-corrected chi connectivity index (χ4v) is 4.95. The molecule has 1 aliphatic heterocycles. The van der Waals surface area contributed by atoms with Gasteiger partial charge in [-0.15, -0.1) is 0 Å². The summed E-state index contributed by atoms with van der Waals surface area (Å²) in [5.74, 6) is -1.21. The Balaban J connectivity index is 1.22. The lowest BCUT2D eigenvalue weighted by Crippen LogP contribution is -2.48. The lowest BCUT2D eigenvalue weighted by atomic mass is 9.98. The highest BCUT2D eigenvalue weighted by Gasteiger charge is 2.35. The zero-order chi connectivity index (χ0) is 24.7. The average molecular weight is 475 g/mol. The van der Waals surface area contributed by atoms with Gasteiger partial charge < -0.3 is 15.2 Å². The molecule has 5 rings (SSSR count). The number of carboxylic acids is 1. The van der Waals surface area contributed by atoms with Crippen LogP contribution in [0.4, 0.5) is 10.6 Å². The molecule has 180 valence electrons. The van der Waals surface area contributed by atoms with Crippen molar-refractivity contribution in [2.24, 2.45) is 0 Å². The number of benzene rings is 2. The second-order valence-corrected chi connectivity index (χ2v) is 9.47. The summed E-state index contributed by atoms with van der Waals surface area (Å²) < 4.78 is 7.12. The monoisotopic (exact) mass is 474 g/mol. The Morgan fingerprint density at radius 3 is 2.31 bits per heavy atom. The Kier molecular flexibility index (Phi) is 5.55. The van der Waals surface area contributed by atoms with Crippen LogP contribution in [0, 0.1) is 0 Å². The van der Waals surface area contributed by atoms with E-state index in [1.165, 1.54) is 15.8 Å². The molecule has 2 N–H and O–H groups in total. The quantitative estimate of drug-likeness (QED) is 0.564. The molecule has 2 heterocycles. The fraction of sp³-hybridized carbons (Fsp3) is 0.308. The molecule has 0 bridgehead atoms. The van der Waals surface area contributed by atoms with Gasteiger partial charge in [0.25, 0.3) is 0 Å². The summed E-state index contributed by atoms with van der Waals surface area (Å²) >= 11 is 0. The van der Waals surface area contributed by atoms with Gasteiger partial charge in [0.2, 0.25) is 5.91 Å². The van der Waals surface area contributed by atoms with Crippen molar-refractivity contribution in [3.05, 3.63) is 71.4 Å². The first-order valence-corrected chi connectivity index (χ1v) is 11.5. The van der Waals surface area contributed by atoms with E-state index in [0.717, 1.165) is 22.3 Å². The molecule has 1 aromatic heterocycles. The van der Waals surface area contributed by atoms with Gasteiger partial charge in [0.05, 0.1) is 12.7 Å². The summed E-state index contributed by atoms with van der Waals surface area (Å²) in [5.41, 5.74) is 3.61. The minimum absolute atomic E-state index is 0.0156. The number of nitrogens with one attached hydrogen (secondary N) is 1. The summed E-state index contributed by atoms with van der Waals surface area (Å²) in [6.45, 7) is 4.41. The molecule has 2 amide bonds. The van der Waals surface area contributed by atoms with E-state index in [-0.39, 0.29) is 36.2 Å². The predicted molar refractivity (Wildman–Crippen MR) is 128 cm³/mol. The topological polar surface area (TPSA) is 114 Å². The lowest BCUT2D eigenvalue weighted by molar-refractivity contribution is -0.119. The van der Waals surface area contributed by atoms with Gasteiger partial charge in [0, 0.05) is 24.4 Å². The Labute approximate surface area is 202 Å². The maximum atomic E-state index is 13.0. The van der Waals surface area contributed by atoms with Crippen LogP contribution in [-0.2, 0) is 16.1 Å². The molecule has 0 radical (unpaired) electrons. The minimum Gasteiger partial charge on any atom is -0.477 e. The number of anilines is 1. The number of carbonyl (C=O) groups is 3. The number of fused-ring (bicyclic) bond motifs is 4. The van der Waals surface area contributed by atoms with E-state index in [2.05, 4.69) is 34.7 Å². The minimum atomic E-state index is -1.14. The first kappa shape index (κ1) is 22.6. The Hall–Kier alpha value is -4.14. The summed E-state index contributed by atoms with van der Waals surface area (Å²) in [6.07, 6.45) is 0.612. The van der Waals surface area contributed by atoms with Gasteiger partial charge >= 0.3 is 12.1 Å². The van der Waals surface area contributed by atoms with Gasteiger partial charge in [-0.25, -0.2) is 14.3 Å². The molecule has 0 unspecified atom stereocenters. The normalized spacial score (nSPS) is 14.3. The van der Waals surface area contributed by atoms with Crippen LogP contribution < -0.4 is 10.2 Å². The molecule has 0 saturated heterocycles. The van der Waals surface area contributed by atoms with Crippen molar-refractivity contribution in [1.82, 2.24) is 15.1 Å². The highest BCUT2D eigenvalue weighted by atomic mass is 16.5. The third kappa shape index (κ3) is 4.14. The maximum Gasteiger partial charge on any atom is 0.407 e. The zero-order valence-electron chi connectivity index (χ0n) is 19.5. The largest absolute Gasteiger partial charge is 0.477 e. The Bertz CT molecular complexity index is 1280. The van der Waals surface area contributed by atoms with Crippen molar-refractivity contribution in [1.29, 1.82) is 0 Å². The average Bonchev–Trinajstić information content (AvgIpc) is 3.49. The molecular weight excluding hydrogens is 448 g/mol. The summed E-state index contributed by atoms with van der Waals surface area (Å²) in [4.78, 5) is 38.6. The van der Waals surface area contributed by atoms with Crippen molar-refractivity contribution in [2.75, 3.05) is 18.1 Å². The van der Waals surface area contributed by atoms with Gasteiger partial charge in [-0.1, -0.05) is 48.5 Å². The number of ether oxygens (including phenoxy) is 1. The van der Waals surface area contributed by atoms with Gasteiger partial charge in [-0.05, 0) is 36.1 Å². The third-order valence-corrected chi connectivity index (χ3v) is 6.51. The van der Waals surface area contributed by atoms with E-state index in [9.17, 15) is 19.5 Å². The van der Waals surface area contributed by atoms with Crippen LogP contribution in [0.3, 0.4) is 0 Å². The number of hydrogen-bond acceptors (Lipinski definition) is 5. The smallest absolute Gasteiger partial charge is 0.407 e. The molecule has 2 aromatic carbocycles. The van der Waals surface area contributed by atoms with Crippen molar-refractivity contribution in [3.63, 3.8) is 0 Å². The molecular formula is C26H26N4O5. The number of aromatic nitrogens is 2. The van der Waals surface area contributed by atoms with Crippen LogP contribution in [0.1, 0.15) is 47.7 Å². The number of alkyl carbamates (subject to hydrolysis) is 1. The Morgan fingerprint density at radius 1 is 1.06 bits per heavy atom. The van der Waals surface area contributed by atoms with Crippen molar-refractivity contribution >= 4 is 23.8 Å². The van der Waals surface area contributed by atoms with E-state index >= 15 is 0 Å². The summed E-state index contributed by atoms with van der Waals surface area (Å²) in [5, 5.41) is 16.2. The maximum absolute atomic E-state index is 13.0. The molecule has 0 spiro atoms. The molecule has 0 atom stereocenters. The number of carboxylic acid groups (broad SMARTS) is 1. The van der Waals surface area contributed by atoms with Crippen LogP contribution in [0.2, 0.25) is 0 Å². The molecule has 0 fully saturated rings. The summed E-state index contributed by atoms with van der Waals surface area (Å²) in [7, 11) is 0. The molecule has 35 heavy (non-hydrogen) atoms. The highest BCUT2D eigenvalue weighted by Crippen LogP contribution is 2.44. The third-order valence-electron chi connectivity index (χ3n) is 6.51. The molecule has 1 aliphatic carbocycles. The van der Waals surface area contributed by atoms with Crippen LogP contribution in [0.15, 0.2) is 54.7 Å². The fourth-order valence-electron chi connectivity index (χ4n) is 4.95. The first-order chi connectivity index (χ1) is 16.7. The van der Waals surface area contributed by atoms with E-state index in [1.54, 1.807) is 13.8 Å². The zero-order valence-corrected chi connectivity index (χ0v) is 19.5. The van der Waals surface area contributed by atoms with E-state index in [4.69, 9.17) is 4.74 Å². The van der Waals surface area contributed by atoms with Crippen LogP contribution >= 0.6 is 0 Å². The van der Waals surface area contributed by atoms with Gasteiger partial charge in [0.1, 0.15) is 18.0 Å². The van der Waals surface area contributed by atoms with Crippen molar-refractivity contribution < 1.29 is 24.2 Å². The molecule has 3 aromatic rings. The standard InChI is InChI=1S/C26H26N4O5/c1-26(2,13-22(31)29-11-12-30-23(29)20(14-27-30)24(32)33)28-25(34)35-15-21-18-9-5-3-7-16(18)17-8-4-6-10-19(17)21/h3-10,14,21H,11-13,15H2,1-2H3,(H,28,34)(H,32,33). The van der Waals surface area contributed by atoms with Crippen LogP contribution in [0.5, 0.6) is 0 Å². The van der Waals surface area contributed by atoms with Gasteiger partial charge in [-0.3, -0.25) is 9.69 Å². The van der Waals surface area contributed by atoms with E-state index in [1.807, 2.05) is 24.3 Å². The van der Waals surface area contributed by atoms with E-state index in [0.29, 0.717) is 13.1 Å². The first-order valence-electron chi connectivity index (χ1n) is 11.5. The van der Waals surface area contributed by atoms with E-state index < -0.39 is 17.6 Å². The number of carbonyl (C=O) groups excluding carboxylic acids is 2. The number of aromatic carboxylic acids is 1. The van der Waals surface area contributed by atoms with Crippen molar-refractivity contribution in [2.45, 2.75) is 38.3 Å². The highest BCUT2D eigenvalue weighted by molar-refractivity contribution is 6.01. The van der Waals surface area contributed by atoms with Gasteiger partial charge in [-0.2, -0.15) is 5.10 Å². The Morgan fingerprint density at radius 2 is 1.69 bits per heavy atom. The van der Waals surface area contributed by atoms with Crippen LogP contribution in [-0.4, -0.2) is 51.5 Å². The second kappa shape index (κ2) is 8.57. The SMILES string of the molecule is CC(C)(CC(=O)N1CCn2ncc(C(=O)O)c21)NC(=O)OCC1c2ccccc2-c2ccccc21. The molecule has 9 nitrogen and oxygen atoms in total. The molecule has 9 heteroatoms. The van der Waals surface area contributed by atoms with Crippen LogP contribution in [0.25, 0.3) is 11.1 Å². The number of rotatable bonds is 6. The molecule has 2 aliphatic rings. The van der Waals surface area contributed by atoms with Crippen molar-refractivity contribution in [3.8, 4) is 11.1 Å². The number of amides is 2. The lowest BCUT2D eigenvalue weighted by Gasteiger charge is -2.28. The number of nitrogens with zero attached hydrogens (tertiary/aromatic N) is 3.